The highest BCUT2D eigenvalue weighted by Gasteiger charge is 2.36. The molecule has 0 bridgehead atoms. The number of aryl methyl sites for hydroxylation is 2. The molecule has 1 aliphatic rings. The first-order valence-corrected chi connectivity index (χ1v) is 6.59. The minimum absolute atomic E-state index is 0.157. The van der Waals surface area contributed by atoms with E-state index < -0.39 is 0 Å². The average molecular weight is 265 g/mol. The Morgan fingerprint density at radius 2 is 2.00 bits per heavy atom. The molecule has 1 N–H and O–H groups in total. The maximum atomic E-state index is 13.5. The standard InChI is InChI=1S/C15H20FNO2/c1-9-6-11(7-10(2)13(9)16)8-17-14(12-4-5-12)15(18)19-3/h6-7,12,14,17H,4-5,8H2,1-3H3. The predicted octanol–water partition coefficient (Wildman–Crippen LogP) is 2.48. The Morgan fingerprint density at radius 1 is 1.42 bits per heavy atom. The van der Waals surface area contributed by atoms with Crippen molar-refractivity contribution in [3.63, 3.8) is 0 Å². The number of esters is 1. The zero-order valence-corrected chi connectivity index (χ0v) is 11.6. The second kappa shape index (κ2) is 5.70. The summed E-state index contributed by atoms with van der Waals surface area (Å²) in [4.78, 5) is 11.7. The second-order valence-electron chi connectivity index (χ2n) is 5.26. The van der Waals surface area contributed by atoms with Gasteiger partial charge in [-0.05, 0) is 49.3 Å². The van der Waals surface area contributed by atoms with Gasteiger partial charge >= 0.3 is 5.97 Å². The average Bonchev–Trinajstić information content (AvgIpc) is 3.20. The highest BCUT2D eigenvalue weighted by atomic mass is 19.1. The third kappa shape index (κ3) is 3.32. The SMILES string of the molecule is COC(=O)C(NCc1cc(C)c(F)c(C)c1)C1CC1. The molecule has 3 nitrogen and oxygen atoms in total. The number of methoxy groups -OCH3 is 1. The summed E-state index contributed by atoms with van der Waals surface area (Å²) in [7, 11) is 1.41. The summed E-state index contributed by atoms with van der Waals surface area (Å²) < 4.78 is 18.3. The maximum Gasteiger partial charge on any atom is 0.323 e. The molecular weight excluding hydrogens is 245 g/mol. The van der Waals surface area contributed by atoms with Crippen LogP contribution in [0.2, 0.25) is 0 Å². The Hall–Kier alpha value is -1.42. The van der Waals surface area contributed by atoms with Gasteiger partial charge in [-0.2, -0.15) is 0 Å². The Labute approximate surface area is 113 Å². The molecule has 104 valence electrons. The summed E-state index contributed by atoms with van der Waals surface area (Å²) in [5, 5.41) is 3.23. The van der Waals surface area contributed by atoms with Gasteiger partial charge in [0.25, 0.3) is 0 Å². The Morgan fingerprint density at radius 3 is 2.47 bits per heavy atom. The number of rotatable bonds is 5. The lowest BCUT2D eigenvalue weighted by Crippen LogP contribution is -2.39. The molecule has 4 heteroatoms. The van der Waals surface area contributed by atoms with E-state index in [0.29, 0.717) is 23.6 Å². The molecule has 0 aromatic heterocycles. The first kappa shape index (κ1) is 14.0. The van der Waals surface area contributed by atoms with Gasteiger partial charge in [0.1, 0.15) is 11.9 Å². The van der Waals surface area contributed by atoms with E-state index in [9.17, 15) is 9.18 Å². The molecule has 0 aliphatic heterocycles. The van der Waals surface area contributed by atoms with Crippen LogP contribution in [0.5, 0.6) is 0 Å². The summed E-state index contributed by atoms with van der Waals surface area (Å²) in [5.41, 5.74) is 2.27. The van der Waals surface area contributed by atoms with Gasteiger partial charge in [-0.25, -0.2) is 4.39 Å². The molecule has 1 aliphatic carbocycles. The van der Waals surface area contributed by atoms with Crippen molar-refractivity contribution in [3.05, 3.63) is 34.6 Å². The molecule has 0 saturated heterocycles. The van der Waals surface area contributed by atoms with Crippen LogP contribution >= 0.6 is 0 Å². The summed E-state index contributed by atoms with van der Waals surface area (Å²) in [6.45, 7) is 4.06. The lowest BCUT2D eigenvalue weighted by molar-refractivity contribution is -0.143. The fourth-order valence-corrected chi connectivity index (χ4v) is 2.36. The van der Waals surface area contributed by atoms with E-state index in [1.165, 1.54) is 7.11 Å². The summed E-state index contributed by atoms with van der Waals surface area (Å²) in [6, 6.07) is 3.39. The minimum atomic E-state index is -0.240. The molecule has 19 heavy (non-hydrogen) atoms. The van der Waals surface area contributed by atoms with E-state index in [-0.39, 0.29) is 17.8 Å². The first-order chi connectivity index (χ1) is 9.02. The second-order valence-corrected chi connectivity index (χ2v) is 5.26. The van der Waals surface area contributed by atoms with Crippen molar-refractivity contribution in [3.8, 4) is 0 Å². The number of nitrogens with one attached hydrogen (secondary N) is 1. The summed E-state index contributed by atoms with van der Waals surface area (Å²) in [5.74, 6) is 0.0172. The zero-order chi connectivity index (χ0) is 14.0. The molecule has 1 fully saturated rings. The third-order valence-electron chi connectivity index (χ3n) is 3.57. The molecule has 1 unspecified atom stereocenters. The predicted molar refractivity (Wildman–Crippen MR) is 71.2 cm³/mol. The number of ether oxygens (including phenoxy) is 1. The molecule has 1 aromatic rings. The van der Waals surface area contributed by atoms with Gasteiger partial charge in [0.15, 0.2) is 0 Å². The largest absolute Gasteiger partial charge is 0.468 e. The molecule has 1 saturated carbocycles. The van der Waals surface area contributed by atoms with Crippen LogP contribution in [0.1, 0.15) is 29.5 Å². The van der Waals surface area contributed by atoms with Crippen molar-refractivity contribution in [2.24, 2.45) is 5.92 Å². The van der Waals surface area contributed by atoms with Crippen molar-refractivity contribution in [1.29, 1.82) is 0 Å². The number of hydrogen-bond donors (Lipinski definition) is 1. The lowest BCUT2D eigenvalue weighted by atomic mass is 10.1. The van der Waals surface area contributed by atoms with Gasteiger partial charge in [-0.15, -0.1) is 0 Å². The van der Waals surface area contributed by atoms with Crippen LogP contribution in [0.15, 0.2) is 12.1 Å². The normalized spacial score (nSPS) is 16.2. The van der Waals surface area contributed by atoms with E-state index in [4.69, 9.17) is 4.74 Å². The first-order valence-electron chi connectivity index (χ1n) is 6.59. The van der Waals surface area contributed by atoms with Crippen LogP contribution < -0.4 is 5.32 Å². The van der Waals surface area contributed by atoms with Crippen molar-refractivity contribution in [2.45, 2.75) is 39.3 Å². The van der Waals surface area contributed by atoms with Gasteiger partial charge in [-0.1, -0.05) is 12.1 Å². The van der Waals surface area contributed by atoms with Gasteiger partial charge < -0.3 is 10.1 Å². The Balaban J connectivity index is 2.03. The van der Waals surface area contributed by atoms with Gasteiger partial charge in [0.05, 0.1) is 7.11 Å². The van der Waals surface area contributed by atoms with E-state index in [2.05, 4.69) is 5.32 Å². The molecule has 0 radical (unpaired) electrons. The minimum Gasteiger partial charge on any atom is -0.468 e. The Kier molecular flexibility index (Phi) is 4.20. The number of carbonyl (C=O) groups excluding carboxylic acids is 1. The highest BCUT2D eigenvalue weighted by Crippen LogP contribution is 2.33. The summed E-state index contributed by atoms with van der Waals surface area (Å²) >= 11 is 0. The number of benzene rings is 1. The number of halogens is 1. The molecule has 0 heterocycles. The number of carbonyl (C=O) groups is 1. The quantitative estimate of drug-likeness (QED) is 0.831. The fraction of sp³-hybridized carbons (Fsp3) is 0.533. The van der Waals surface area contributed by atoms with Gasteiger partial charge in [0.2, 0.25) is 0 Å². The van der Waals surface area contributed by atoms with E-state index in [1.54, 1.807) is 13.8 Å². The van der Waals surface area contributed by atoms with Crippen molar-refractivity contribution in [2.75, 3.05) is 7.11 Å². The van der Waals surface area contributed by atoms with Crippen molar-refractivity contribution >= 4 is 5.97 Å². The van der Waals surface area contributed by atoms with E-state index >= 15 is 0 Å². The van der Waals surface area contributed by atoms with E-state index in [1.807, 2.05) is 12.1 Å². The van der Waals surface area contributed by atoms with Crippen LogP contribution in [-0.4, -0.2) is 19.1 Å². The molecule has 1 aromatic carbocycles. The fourth-order valence-electron chi connectivity index (χ4n) is 2.36. The van der Waals surface area contributed by atoms with Crippen LogP contribution in [0.4, 0.5) is 4.39 Å². The molecule has 1 atom stereocenters. The smallest absolute Gasteiger partial charge is 0.323 e. The van der Waals surface area contributed by atoms with Crippen LogP contribution in [0, 0.1) is 25.6 Å². The van der Waals surface area contributed by atoms with Gasteiger partial charge in [-0.3, -0.25) is 4.79 Å². The molecule has 2 rings (SSSR count). The zero-order valence-electron chi connectivity index (χ0n) is 11.6. The summed E-state index contributed by atoms with van der Waals surface area (Å²) in [6.07, 6.45) is 2.13. The van der Waals surface area contributed by atoms with Gasteiger partial charge in [0, 0.05) is 6.54 Å². The lowest BCUT2D eigenvalue weighted by Gasteiger charge is -2.16. The molecule has 0 amide bonds. The van der Waals surface area contributed by atoms with Crippen molar-refractivity contribution in [1.82, 2.24) is 5.32 Å². The molecular formula is C15H20FNO2. The number of hydrogen-bond acceptors (Lipinski definition) is 3. The van der Waals surface area contributed by atoms with E-state index in [0.717, 1.165) is 18.4 Å². The molecule has 0 spiro atoms. The van der Waals surface area contributed by atoms with Crippen LogP contribution in [0.3, 0.4) is 0 Å². The van der Waals surface area contributed by atoms with Crippen LogP contribution in [-0.2, 0) is 16.1 Å². The topological polar surface area (TPSA) is 38.3 Å². The monoisotopic (exact) mass is 265 g/mol. The third-order valence-corrected chi connectivity index (χ3v) is 3.57. The van der Waals surface area contributed by atoms with Crippen LogP contribution in [0.25, 0.3) is 0 Å². The highest BCUT2D eigenvalue weighted by molar-refractivity contribution is 5.76. The maximum absolute atomic E-state index is 13.5. The Bertz CT molecular complexity index is 460. The van der Waals surface area contributed by atoms with Crippen molar-refractivity contribution < 1.29 is 13.9 Å².